The highest BCUT2D eigenvalue weighted by Crippen LogP contribution is 2.17. The Morgan fingerprint density at radius 2 is 2.28 bits per heavy atom. The molecular weight excluding hydrogens is 246 g/mol. The fourth-order valence-electron chi connectivity index (χ4n) is 1.50. The van der Waals surface area contributed by atoms with Gasteiger partial charge in [-0.15, -0.1) is 0 Å². The van der Waals surface area contributed by atoms with Gasteiger partial charge < -0.3 is 10.3 Å². The molecule has 0 radical (unpaired) electrons. The van der Waals surface area contributed by atoms with Gasteiger partial charge in [-0.25, -0.2) is 15.0 Å². The first-order valence-corrected chi connectivity index (χ1v) is 6.97. The van der Waals surface area contributed by atoms with Gasteiger partial charge in [0.25, 0.3) is 0 Å². The van der Waals surface area contributed by atoms with Crippen molar-refractivity contribution in [1.82, 2.24) is 19.9 Å². The van der Waals surface area contributed by atoms with Gasteiger partial charge in [-0.05, 0) is 13.3 Å². The molecule has 0 aromatic carbocycles. The Morgan fingerprint density at radius 1 is 1.39 bits per heavy atom. The van der Waals surface area contributed by atoms with Crippen LogP contribution >= 0.6 is 11.8 Å². The van der Waals surface area contributed by atoms with Crippen LogP contribution in [0.1, 0.15) is 24.9 Å². The fraction of sp³-hybridized carbons (Fsp3) is 0.417. The Kier molecular flexibility index (Phi) is 4.58. The number of imidazole rings is 1. The molecular formula is C12H17N5S. The average Bonchev–Trinajstić information content (AvgIpc) is 2.86. The van der Waals surface area contributed by atoms with Crippen molar-refractivity contribution in [1.29, 1.82) is 0 Å². The van der Waals surface area contributed by atoms with Crippen LogP contribution in [0.25, 0.3) is 0 Å². The first kappa shape index (κ1) is 12.9. The summed E-state index contributed by atoms with van der Waals surface area (Å²) in [5.74, 6) is 2.45. The molecule has 0 saturated carbocycles. The number of thioether (sulfide) groups is 1. The van der Waals surface area contributed by atoms with Crippen LogP contribution in [-0.2, 0) is 5.75 Å². The van der Waals surface area contributed by atoms with Gasteiger partial charge in [0.05, 0.1) is 5.75 Å². The molecule has 0 aliphatic rings. The lowest BCUT2D eigenvalue weighted by Crippen LogP contribution is -2.05. The zero-order valence-electron chi connectivity index (χ0n) is 10.6. The van der Waals surface area contributed by atoms with Crippen molar-refractivity contribution in [2.24, 2.45) is 0 Å². The standard InChI is InChI=1S/C12H17N5S/c1-3-4-13-10-7-9(2)16-11(17-10)8-18-12-14-5-6-15-12/h5-7H,3-4,8H2,1-2H3,(H,14,15)(H,13,16,17). The molecule has 5 nitrogen and oxygen atoms in total. The molecule has 0 aliphatic carbocycles. The van der Waals surface area contributed by atoms with Crippen molar-refractivity contribution in [3.05, 3.63) is 30.0 Å². The first-order valence-electron chi connectivity index (χ1n) is 5.98. The van der Waals surface area contributed by atoms with Crippen LogP contribution in [0, 0.1) is 6.92 Å². The SMILES string of the molecule is CCCNc1cc(C)nc(CSc2ncc[nH]2)n1. The summed E-state index contributed by atoms with van der Waals surface area (Å²) < 4.78 is 0. The average molecular weight is 263 g/mol. The van der Waals surface area contributed by atoms with E-state index in [1.165, 1.54) is 0 Å². The molecule has 0 fully saturated rings. The Morgan fingerprint density at radius 3 is 3.00 bits per heavy atom. The highest BCUT2D eigenvalue weighted by molar-refractivity contribution is 7.98. The van der Waals surface area contributed by atoms with E-state index in [0.717, 1.165) is 41.2 Å². The number of aryl methyl sites for hydroxylation is 1. The van der Waals surface area contributed by atoms with Gasteiger partial charge in [-0.1, -0.05) is 18.7 Å². The number of rotatable bonds is 6. The van der Waals surface area contributed by atoms with Crippen molar-refractivity contribution in [3.8, 4) is 0 Å². The third kappa shape index (κ3) is 3.73. The quantitative estimate of drug-likeness (QED) is 0.784. The molecule has 2 rings (SSSR count). The van der Waals surface area contributed by atoms with Crippen molar-refractivity contribution in [3.63, 3.8) is 0 Å². The minimum absolute atomic E-state index is 0.718. The van der Waals surface area contributed by atoms with Gasteiger partial charge >= 0.3 is 0 Å². The highest BCUT2D eigenvalue weighted by atomic mass is 32.2. The Hall–Kier alpha value is -1.56. The fourth-order valence-corrected chi connectivity index (χ4v) is 2.18. The molecule has 2 aromatic heterocycles. The number of H-pyrrole nitrogens is 1. The van der Waals surface area contributed by atoms with Gasteiger partial charge in [-0.2, -0.15) is 0 Å². The van der Waals surface area contributed by atoms with E-state index in [4.69, 9.17) is 0 Å². The number of nitrogens with zero attached hydrogens (tertiary/aromatic N) is 3. The number of aromatic nitrogens is 4. The van der Waals surface area contributed by atoms with E-state index in [2.05, 4.69) is 32.2 Å². The number of aromatic amines is 1. The van der Waals surface area contributed by atoms with E-state index < -0.39 is 0 Å². The minimum atomic E-state index is 0.718. The van der Waals surface area contributed by atoms with E-state index >= 15 is 0 Å². The second-order valence-corrected chi connectivity index (χ2v) is 4.88. The largest absolute Gasteiger partial charge is 0.370 e. The minimum Gasteiger partial charge on any atom is -0.370 e. The molecule has 0 amide bonds. The molecule has 0 spiro atoms. The lowest BCUT2D eigenvalue weighted by molar-refractivity contribution is 0.939. The maximum Gasteiger partial charge on any atom is 0.165 e. The summed E-state index contributed by atoms with van der Waals surface area (Å²) in [5.41, 5.74) is 0.985. The van der Waals surface area contributed by atoms with Crippen LogP contribution in [0.15, 0.2) is 23.6 Å². The third-order valence-corrected chi connectivity index (χ3v) is 3.17. The molecule has 0 unspecified atom stereocenters. The van der Waals surface area contributed by atoms with E-state index in [0.29, 0.717) is 0 Å². The summed E-state index contributed by atoms with van der Waals surface area (Å²) >= 11 is 1.60. The van der Waals surface area contributed by atoms with Crippen molar-refractivity contribution >= 4 is 17.6 Å². The van der Waals surface area contributed by atoms with E-state index in [-0.39, 0.29) is 0 Å². The molecule has 2 aromatic rings. The molecule has 2 heterocycles. The molecule has 2 N–H and O–H groups in total. The summed E-state index contributed by atoms with van der Waals surface area (Å²) in [4.78, 5) is 16.1. The number of anilines is 1. The molecule has 18 heavy (non-hydrogen) atoms. The molecule has 0 saturated heterocycles. The summed E-state index contributed by atoms with van der Waals surface area (Å²) in [6.45, 7) is 5.05. The zero-order valence-corrected chi connectivity index (χ0v) is 11.4. The van der Waals surface area contributed by atoms with Gasteiger partial charge in [0.1, 0.15) is 11.6 Å². The zero-order chi connectivity index (χ0) is 12.8. The molecule has 6 heteroatoms. The predicted octanol–water partition coefficient (Wildman–Crippen LogP) is 2.62. The lowest BCUT2D eigenvalue weighted by Gasteiger charge is -2.07. The van der Waals surface area contributed by atoms with Crippen molar-refractivity contribution < 1.29 is 0 Å². The summed E-state index contributed by atoms with van der Waals surface area (Å²) in [6, 6.07) is 1.97. The predicted molar refractivity (Wildman–Crippen MR) is 73.7 cm³/mol. The van der Waals surface area contributed by atoms with Gasteiger partial charge in [0.15, 0.2) is 5.16 Å². The molecule has 0 aliphatic heterocycles. The van der Waals surface area contributed by atoms with Crippen LogP contribution < -0.4 is 5.32 Å². The second-order valence-electron chi connectivity index (χ2n) is 3.92. The van der Waals surface area contributed by atoms with E-state index in [1.807, 2.05) is 19.2 Å². The highest BCUT2D eigenvalue weighted by Gasteiger charge is 2.04. The van der Waals surface area contributed by atoms with Gasteiger partial charge in [-0.3, -0.25) is 0 Å². The maximum absolute atomic E-state index is 4.49. The topological polar surface area (TPSA) is 66.5 Å². The normalized spacial score (nSPS) is 10.6. The first-order chi connectivity index (χ1) is 8.78. The van der Waals surface area contributed by atoms with E-state index in [1.54, 1.807) is 18.0 Å². The Labute approximate surface area is 111 Å². The van der Waals surface area contributed by atoms with Crippen LogP contribution in [0.2, 0.25) is 0 Å². The smallest absolute Gasteiger partial charge is 0.165 e. The van der Waals surface area contributed by atoms with Crippen LogP contribution in [0.5, 0.6) is 0 Å². The monoisotopic (exact) mass is 263 g/mol. The van der Waals surface area contributed by atoms with Gasteiger partial charge in [0, 0.05) is 30.7 Å². The second kappa shape index (κ2) is 6.39. The van der Waals surface area contributed by atoms with Crippen LogP contribution in [0.4, 0.5) is 5.82 Å². The lowest BCUT2D eigenvalue weighted by atomic mass is 10.4. The Balaban J connectivity index is 2.00. The van der Waals surface area contributed by atoms with E-state index in [9.17, 15) is 0 Å². The third-order valence-electron chi connectivity index (χ3n) is 2.27. The van der Waals surface area contributed by atoms with Crippen molar-refractivity contribution in [2.75, 3.05) is 11.9 Å². The summed E-state index contributed by atoms with van der Waals surface area (Å²) in [7, 11) is 0. The van der Waals surface area contributed by atoms with Crippen molar-refractivity contribution in [2.45, 2.75) is 31.2 Å². The molecule has 96 valence electrons. The van der Waals surface area contributed by atoms with Crippen LogP contribution in [-0.4, -0.2) is 26.5 Å². The Bertz CT molecular complexity index is 483. The van der Waals surface area contributed by atoms with Gasteiger partial charge in [0.2, 0.25) is 0 Å². The molecule has 0 bridgehead atoms. The number of hydrogen-bond acceptors (Lipinski definition) is 5. The number of hydrogen-bond donors (Lipinski definition) is 2. The summed E-state index contributed by atoms with van der Waals surface area (Å²) in [5, 5.41) is 4.18. The molecule has 0 atom stereocenters. The number of nitrogens with one attached hydrogen (secondary N) is 2. The summed E-state index contributed by atoms with van der Waals surface area (Å²) in [6.07, 6.45) is 4.64. The maximum atomic E-state index is 4.49. The van der Waals surface area contributed by atoms with Crippen LogP contribution in [0.3, 0.4) is 0 Å².